The quantitative estimate of drug-likeness (QED) is 0.642. The molecule has 0 aliphatic heterocycles. The first-order valence-electron chi connectivity index (χ1n) is 7.45. The molecule has 114 valence electrons. The summed E-state index contributed by atoms with van der Waals surface area (Å²) >= 11 is 0. The van der Waals surface area contributed by atoms with Crippen LogP contribution in [0.4, 0.5) is 0 Å². The minimum Gasteiger partial charge on any atom is -0.480 e. The lowest BCUT2D eigenvalue weighted by Gasteiger charge is -2.33. The van der Waals surface area contributed by atoms with Crippen LogP contribution in [0.1, 0.15) is 54.4 Å². The zero-order valence-corrected chi connectivity index (χ0v) is 13.5. The number of carboxylic acid groups (broad SMARTS) is 1. The Labute approximate surface area is 118 Å². The molecule has 1 atom stereocenters. The van der Waals surface area contributed by atoms with Gasteiger partial charge in [0, 0.05) is 19.1 Å². The second-order valence-corrected chi connectivity index (χ2v) is 6.30. The molecule has 0 amide bonds. The van der Waals surface area contributed by atoms with E-state index in [1.54, 1.807) is 6.92 Å². The van der Waals surface area contributed by atoms with Gasteiger partial charge in [0.25, 0.3) is 0 Å². The highest BCUT2D eigenvalue weighted by molar-refractivity contribution is 5.78. The Hall–Kier alpha value is -0.610. The Morgan fingerprint density at radius 2 is 1.89 bits per heavy atom. The first-order valence-corrected chi connectivity index (χ1v) is 7.45. The van der Waals surface area contributed by atoms with Crippen LogP contribution >= 0.6 is 0 Å². The predicted octanol–water partition coefficient (Wildman–Crippen LogP) is 2.59. The molecule has 19 heavy (non-hydrogen) atoms. The Balaban J connectivity index is 4.54. The number of carboxylic acids is 1. The highest BCUT2D eigenvalue weighted by atomic mass is 16.4. The first kappa shape index (κ1) is 18.4. The molecule has 4 nitrogen and oxygen atoms in total. The van der Waals surface area contributed by atoms with Crippen LogP contribution in [-0.4, -0.2) is 47.2 Å². The van der Waals surface area contributed by atoms with E-state index in [4.69, 9.17) is 0 Å². The SMILES string of the molecule is CCCNC(C)(CCN(CC(C)C)C(C)C)C(=O)O. The van der Waals surface area contributed by atoms with E-state index in [1.165, 1.54) is 0 Å². The highest BCUT2D eigenvalue weighted by Crippen LogP contribution is 2.14. The second kappa shape index (κ2) is 8.54. The fraction of sp³-hybridized carbons (Fsp3) is 0.933. The zero-order valence-electron chi connectivity index (χ0n) is 13.5. The molecule has 0 bridgehead atoms. The van der Waals surface area contributed by atoms with Crippen molar-refractivity contribution in [3.8, 4) is 0 Å². The smallest absolute Gasteiger partial charge is 0.323 e. The van der Waals surface area contributed by atoms with Crippen molar-refractivity contribution in [2.45, 2.75) is 66.0 Å². The molecule has 1 unspecified atom stereocenters. The van der Waals surface area contributed by atoms with Gasteiger partial charge in [-0.05, 0) is 46.1 Å². The summed E-state index contributed by atoms with van der Waals surface area (Å²) in [5.41, 5.74) is -0.819. The molecule has 0 radical (unpaired) electrons. The van der Waals surface area contributed by atoms with Crippen molar-refractivity contribution in [2.75, 3.05) is 19.6 Å². The highest BCUT2D eigenvalue weighted by Gasteiger charge is 2.32. The molecule has 0 saturated heterocycles. The number of hydrogen-bond donors (Lipinski definition) is 2. The topological polar surface area (TPSA) is 52.6 Å². The van der Waals surface area contributed by atoms with Crippen LogP contribution in [0.25, 0.3) is 0 Å². The Morgan fingerprint density at radius 1 is 1.32 bits per heavy atom. The van der Waals surface area contributed by atoms with Gasteiger partial charge < -0.3 is 15.3 Å². The van der Waals surface area contributed by atoms with Crippen LogP contribution in [0.2, 0.25) is 0 Å². The maximum atomic E-state index is 11.5. The van der Waals surface area contributed by atoms with Gasteiger partial charge in [-0.3, -0.25) is 4.79 Å². The van der Waals surface area contributed by atoms with E-state index in [9.17, 15) is 9.90 Å². The van der Waals surface area contributed by atoms with Gasteiger partial charge in [-0.2, -0.15) is 0 Å². The molecule has 0 fully saturated rings. The Kier molecular flexibility index (Phi) is 8.26. The maximum Gasteiger partial charge on any atom is 0.323 e. The van der Waals surface area contributed by atoms with Gasteiger partial charge in [-0.15, -0.1) is 0 Å². The molecule has 4 heteroatoms. The molecule has 0 heterocycles. The summed E-state index contributed by atoms with van der Waals surface area (Å²) in [6.07, 6.45) is 1.58. The number of aliphatic carboxylic acids is 1. The molecule has 0 aliphatic carbocycles. The molecule has 0 spiro atoms. The number of rotatable bonds is 10. The second-order valence-electron chi connectivity index (χ2n) is 6.30. The largest absolute Gasteiger partial charge is 0.480 e. The molecular formula is C15H32N2O2. The molecule has 0 aromatic heterocycles. The fourth-order valence-corrected chi connectivity index (χ4v) is 2.07. The third-order valence-corrected chi connectivity index (χ3v) is 3.47. The van der Waals surface area contributed by atoms with Crippen molar-refractivity contribution in [2.24, 2.45) is 5.92 Å². The summed E-state index contributed by atoms with van der Waals surface area (Å²) in [7, 11) is 0. The van der Waals surface area contributed by atoms with Gasteiger partial charge in [0.05, 0.1) is 0 Å². The Morgan fingerprint density at radius 3 is 2.26 bits per heavy atom. The summed E-state index contributed by atoms with van der Waals surface area (Å²) in [6.45, 7) is 15.1. The number of nitrogens with one attached hydrogen (secondary N) is 1. The van der Waals surface area contributed by atoms with Crippen LogP contribution in [0.5, 0.6) is 0 Å². The lowest BCUT2D eigenvalue weighted by Crippen LogP contribution is -2.52. The normalized spacial score (nSPS) is 15.2. The summed E-state index contributed by atoms with van der Waals surface area (Å²) in [4.78, 5) is 13.8. The predicted molar refractivity (Wildman–Crippen MR) is 80.5 cm³/mol. The molecule has 0 rings (SSSR count). The molecule has 0 aliphatic rings. The van der Waals surface area contributed by atoms with E-state index in [-0.39, 0.29) is 0 Å². The van der Waals surface area contributed by atoms with Gasteiger partial charge in [-0.1, -0.05) is 20.8 Å². The molecule has 0 saturated carbocycles. The van der Waals surface area contributed by atoms with E-state index in [1.807, 2.05) is 0 Å². The molecular weight excluding hydrogens is 240 g/mol. The van der Waals surface area contributed by atoms with Crippen molar-refractivity contribution >= 4 is 5.97 Å². The average molecular weight is 272 g/mol. The van der Waals surface area contributed by atoms with E-state index < -0.39 is 11.5 Å². The van der Waals surface area contributed by atoms with E-state index in [2.05, 4.69) is 44.8 Å². The number of hydrogen-bond acceptors (Lipinski definition) is 3. The van der Waals surface area contributed by atoms with Gasteiger partial charge in [0.2, 0.25) is 0 Å². The first-order chi connectivity index (χ1) is 8.73. The van der Waals surface area contributed by atoms with Crippen LogP contribution < -0.4 is 5.32 Å². The summed E-state index contributed by atoms with van der Waals surface area (Å²) in [5, 5.41) is 12.6. The maximum absolute atomic E-state index is 11.5. The van der Waals surface area contributed by atoms with Crippen molar-refractivity contribution in [1.29, 1.82) is 0 Å². The van der Waals surface area contributed by atoms with Gasteiger partial charge in [-0.25, -0.2) is 0 Å². The molecule has 0 aromatic rings. The zero-order chi connectivity index (χ0) is 15.1. The lowest BCUT2D eigenvalue weighted by atomic mass is 9.96. The Bertz CT molecular complexity index is 267. The van der Waals surface area contributed by atoms with Gasteiger partial charge in [0.1, 0.15) is 5.54 Å². The van der Waals surface area contributed by atoms with Crippen LogP contribution in [0, 0.1) is 5.92 Å². The third kappa shape index (κ3) is 6.92. The van der Waals surface area contributed by atoms with Crippen molar-refractivity contribution in [3.05, 3.63) is 0 Å². The third-order valence-electron chi connectivity index (χ3n) is 3.47. The van der Waals surface area contributed by atoms with E-state index in [0.717, 1.165) is 26.1 Å². The summed E-state index contributed by atoms with van der Waals surface area (Å²) < 4.78 is 0. The summed E-state index contributed by atoms with van der Waals surface area (Å²) in [6, 6.07) is 0.451. The van der Waals surface area contributed by atoms with Crippen molar-refractivity contribution in [3.63, 3.8) is 0 Å². The van der Waals surface area contributed by atoms with Crippen molar-refractivity contribution in [1.82, 2.24) is 10.2 Å². The minimum absolute atomic E-state index is 0.451. The van der Waals surface area contributed by atoms with Gasteiger partial charge in [0.15, 0.2) is 0 Å². The molecule has 0 aromatic carbocycles. The standard InChI is InChI=1S/C15H32N2O2/c1-7-9-16-15(6,14(18)19)8-10-17(13(4)5)11-12(2)3/h12-13,16H,7-11H2,1-6H3,(H,18,19). The monoisotopic (exact) mass is 272 g/mol. The lowest BCUT2D eigenvalue weighted by molar-refractivity contribution is -0.144. The van der Waals surface area contributed by atoms with Crippen LogP contribution in [0.3, 0.4) is 0 Å². The fourth-order valence-electron chi connectivity index (χ4n) is 2.07. The van der Waals surface area contributed by atoms with E-state index in [0.29, 0.717) is 18.4 Å². The number of nitrogens with zero attached hydrogens (tertiary/aromatic N) is 1. The minimum atomic E-state index is -0.819. The van der Waals surface area contributed by atoms with Gasteiger partial charge >= 0.3 is 5.97 Å². The number of carbonyl (C=O) groups is 1. The van der Waals surface area contributed by atoms with Crippen molar-refractivity contribution < 1.29 is 9.90 Å². The van der Waals surface area contributed by atoms with Crippen LogP contribution in [-0.2, 0) is 4.79 Å². The van der Waals surface area contributed by atoms with Crippen LogP contribution in [0.15, 0.2) is 0 Å². The molecule has 2 N–H and O–H groups in total. The summed E-state index contributed by atoms with van der Waals surface area (Å²) in [5.74, 6) is -0.156. The van der Waals surface area contributed by atoms with E-state index >= 15 is 0 Å². The average Bonchev–Trinajstić information content (AvgIpc) is 2.30.